The zero-order valence-corrected chi connectivity index (χ0v) is 10.00. The smallest absolute Gasteiger partial charge is 0.231 e. The lowest BCUT2D eigenvalue weighted by atomic mass is 10.1. The molecule has 1 aromatic carbocycles. The Morgan fingerprint density at radius 1 is 1.50 bits per heavy atom. The van der Waals surface area contributed by atoms with E-state index in [4.69, 9.17) is 23.1 Å². The second-order valence-electron chi connectivity index (χ2n) is 3.61. The highest BCUT2D eigenvalue weighted by atomic mass is 35.5. The van der Waals surface area contributed by atoms with Crippen molar-refractivity contribution < 1.29 is 4.79 Å². The van der Waals surface area contributed by atoms with Crippen LogP contribution in [0.2, 0.25) is 5.02 Å². The number of benzene rings is 1. The molecule has 0 aliphatic carbocycles. The van der Waals surface area contributed by atoms with Crippen molar-refractivity contribution in [3.05, 3.63) is 28.8 Å². The number of nitrogen functional groups attached to an aromatic ring is 1. The van der Waals surface area contributed by atoms with E-state index in [-0.39, 0.29) is 12.5 Å². The lowest BCUT2D eigenvalue weighted by molar-refractivity contribution is -0.119. The summed E-state index contributed by atoms with van der Waals surface area (Å²) in [4.78, 5) is 12.7. The number of hydrogen-bond acceptors (Lipinski definition) is 3. The summed E-state index contributed by atoms with van der Waals surface area (Å²) in [7, 11) is 0. The second-order valence-corrected chi connectivity index (χ2v) is 4.05. The predicted octanol–water partition coefficient (Wildman–Crippen LogP) is 1.23. The first-order valence-corrected chi connectivity index (χ1v) is 5.45. The first-order chi connectivity index (χ1) is 7.52. The van der Waals surface area contributed by atoms with E-state index in [0.29, 0.717) is 17.3 Å². The largest absolute Gasteiger partial charge is 0.398 e. The van der Waals surface area contributed by atoms with Crippen molar-refractivity contribution in [1.29, 1.82) is 0 Å². The summed E-state index contributed by atoms with van der Waals surface area (Å²) in [6.45, 7) is 3.49. The average molecular weight is 242 g/mol. The molecule has 1 amide bonds. The van der Waals surface area contributed by atoms with Crippen LogP contribution in [0.3, 0.4) is 0 Å². The van der Waals surface area contributed by atoms with Crippen molar-refractivity contribution >= 4 is 23.2 Å². The van der Waals surface area contributed by atoms with Crippen LogP contribution in [0.15, 0.2) is 18.2 Å². The van der Waals surface area contributed by atoms with E-state index in [0.717, 1.165) is 12.1 Å². The number of hydrogen-bond donors (Lipinski definition) is 2. The minimum Gasteiger partial charge on any atom is -0.398 e. The molecule has 0 saturated heterocycles. The van der Waals surface area contributed by atoms with Crippen LogP contribution in [-0.2, 0) is 11.3 Å². The number of halogens is 1. The van der Waals surface area contributed by atoms with Crippen molar-refractivity contribution in [3.8, 4) is 0 Å². The van der Waals surface area contributed by atoms with Crippen molar-refractivity contribution in [3.63, 3.8) is 0 Å². The van der Waals surface area contributed by atoms with Gasteiger partial charge in [-0.1, -0.05) is 18.5 Å². The maximum atomic E-state index is 10.8. The number of amides is 1. The molecule has 0 radical (unpaired) electrons. The first kappa shape index (κ1) is 12.8. The third kappa shape index (κ3) is 3.72. The molecule has 1 rings (SSSR count). The Hall–Kier alpha value is -1.26. The summed E-state index contributed by atoms with van der Waals surface area (Å²) in [6.07, 6.45) is 0. The van der Waals surface area contributed by atoms with Crippen LogP contribution >= 0.6 is 11.6 Å². The van der Waals surface area contributed by atoms with Gasteiger partial charge in [-0.15, -0.1) is 0 Å². The van der Waals surface area contributed by atoms with Gasteiger partial charge in [0, 0.05) is 17.3 Å². The number of carbonyl (C=O) groups is 1. The van der Waals surface area contributed by atoms with Crippen LogP contribution in [0.5, 0.6) is 0 Å². The molecule has 88 valence electrons. The number of carbonyl (C=O) groups excluding carboxylic acids is 1. The highest BCUT2D eigenvalue weighted by Crippen LogP contribution is 2.19. The van der Waals surface area contributed by atoms with Crippen LogP contribution in [0.4, 0.5) is 5.69 Å². The van der Waals surface area contributed by atoms with Crippen LogP contribution < -0.4 is 11.5 Å². The maximum absolute atomic E-state index is 10.8. The third-order valence-electron chi connectivity index (χ3n) is 2.33. The molecule has 0 bridgehead atoms. The molecule has 0 unspecified atom stereocenters. The number of nitrogens with zero attached hydrogens (tertiary/aromatic N) is 1. The van der Waals surface area contributed by atoms with Gasteiger partial charge in [0.25, 0.3) is 0 Å². The Morgan fingerprint density at radius 2 is 2.19 bits per heavy atom. The van der Waals surface area contributed by atoms with Crippen molar-refractivity contribution in [2.45, 2.75) is 13.5 Å². The quantitative estimate of drug-likeness (QED) is 0.762. The summed E-state index contributed by atoms with van der Waals surface area (Å²) in [5.74, 6) is -0.345. The monoisotopic (exact) mass is 241 g/mol. The Labute approximate surface area is 100 Å². The van der Waals surface area contributed by atoms with Gasteiger partial charge in [0.15, 0.2) is 0 Å². The summed E-state index contributed by atoms with van der Waals surface area (Å²) < 4.78 is 0. The van der Waals surface area contributed by atoms with Crippen LogP contribution in [0.1, 0.15) is 12.5 Å². The maximum Gasteiger partial charge on any atom is 0.231 e. The topological polar surface area (TPSA) is 72.3 Å². The first-order valence-electron chi connectivity index (χ1n) is 5.07. The summed E-state index contributed by atoms with van der Waals surface area (Å²) >= 11 is 5.88. The third-order valence-corrected chi connectivity index (χ3v) is 2.56. The Bertz CT molecular complexity index is 381. The van der Waals surface area contributed by atoms with Crippen LogP contribution in [0, 0.1) is 0 Å². The Balaban J connectivity index is 2.77. The minimum atomic E-state index is -0.345. The Kier molecular flexibility index (Phi) is 4.58. The van der Waals surface area contributed by atoms with Gasteiger partial charge >= 0.3 is 0 Å². The summed E-state index contributed by atoms with van der Waals surface area (Å²) in [5, 5.41) is 0.638. The van der Waals surface area contributed by atoms with Gasteiger partial charge < -0.3 is 11.5 Å². The molecule has 0 aromatic heterocycles. The van der Waals surface area contributed by atoms with Crippen molar-refractivity contribution in [2.24, 2.45) is 5.73 Å². The standard InChI is InChI=1S/C11H16ClN3O/c1-2-15(7-11(14)16)6-8-5-9(12)3-4-10(8)13/h3-5H,2,6-7,13H2,1H3,(H2,14,16). The molecular formula is C11H16ClN3O. The fourth-order valence-electron chi connectivity index (χ4n) is 1.45. The fourth-order valence-corrected chi connectivity index (χ4v) is 1.65. The lowest BCUT2D eigenvalue weighted by Gasteiger charge is -2.19. The van der Waals surface area contributed by atoms with E-state index >= 15 is 0 Å². The van der Waals surface area contributed by atoms with E-state index in [1.807, 2.05) is 11.8 Å². The van der Waals surface area contributed by atoms with E-state index in [9.17, 15) is 4.79 Å². The van der Waals surface area contributed by atoms with E-state index < -0.39 is 0 Å². The van der Waals surface area contributed by atoms with Gasteiger partial charge in [0.05, 0.1) is 6.54 Å². The van der Waals surface area contributed by atoms with Crippen LogP contribution in [0.25, 0.3) is 0 Å². The Morgan fingerprint density at radius 3 is 2.75 bits per heavy atom. The molecule has 0 spiro atoms. The molecule has 0 heterocycles. The summed E-state index contributed by atoms with van der Waals surface area (Å²) in [5.41, 5.74) is 12.6. The molecule has 0 aliphatic heterocycles. The number of rotatable bonds is 5. The molecular weight excluding hydrogens is 226 g/mol. The highest BCUT2D eigenvalue weighted by molar-refractivity contribution is 6.30. The zero-order valence-electron chi connectivity index (χ0n) is 9.24. The SMILES string of the molecule is CCN(CC(N)=O)Cc1cc(Cl)ccc1N. The van der Waals surface area contributed by atoms with E-state index in [2.05, 4.69) is 0 Å². The van der Waals surface area contributed by atoms with Crippen LogP contribution in [-0.4, -0.2) is 23.9 Å². The number of likely N-dealkylation sites (N-methyl/N-ethyl adjacent to an activating group) is 1. The normalized spacial score (nSPS) is 10.7. The number of nitrogens with two attached hydrogens (primary N) is 2. The molecule has 16 heavy (non-hydrogen) atoms. The fraction of sp³-hybridized carbons (Fsp3) is 0.364. The van der Waals surface area contributed by atoms with E-state index in [1.54, 1.807) is 18.2 Å². The molecule has 1 aromatic rings. The number of anilines is 1. The molecule has 0 saturated carbocycles. The predicted molar refractivity (Wildman–Crippen MR) is 66.0 cm³/mol. The van der Waals surface area contributed by atoms with Crippen molar-refractivity contribution in [1.82, 2.24) is 4.90 Å². The highest BCUT2D eigenvalue weighted by Gasteiger charge is 2.09. The van der Waals surface area contributed by atoms with Gasteiger partial charge in [0.1, 0.15) is 0 Å². The van der Waals surface area contributed by atoms with Gasteiger partial charge in [-0.05, 0) is 30.3 Å². The molecule has 0 aliphatic rings. The molecule has 4 N–H and O–H groups in total. The van der Waals surface area contributed by atoms with Gasteiger partial charge in [-0.2, -0.15) is 0 Å². The van der Waals surface area contributed by atoms with Gasteiger partial charge in [0.2, 0.25) is 5.91 Å². The molecule has 4 nitrogen and oxygen atoms in total. The summed E-state index contributed by atoms with van der Waals surface area (Å²) in [6, 6.07) is 5.31. The molecule has 0 fully saturated rings. The van der Waals surface area contributed by atoms with Gasteiger partial charge in [-0.3, -0.25) is 9.69 Å². The average Bonchev–Trinajstić information content (AvgIpc) is 2.21. The number of primary amides is 1. The minimum absolute atomic E-state index is 0.225. The van der Waals surface area contributed by atoms with Gasteiger partial charge in [-0.25, -0.2) is 0 Å². The second kappa shape index (κ2) is 5.72. The lowest BCUT2D eigenvalue weighted by Crippen LogP contribution is -2.33. The molecule has 0 atom stereocenters. The molecule has 5 heteroatoms. The van der Waals surface area contributed by atoms with E-state index in [1.165, 1.54) is 0 Å². The van der Waals surface area contributed by atoms with Crippen molar-refractivity contribution in [2.75, 3.05) is 18.8 Å². The zero-order chi connectivity index (χ0) is 12.1.